The summed E-state index contributed by atoms with van der Waals surface area (Å²) in [5, 5.41) is 11.4. The Labute approximate surface area is 223 Å². The van der Waals surface area contributed by atoms with Gasteiger partial charge in [0.1, 0.15) is 11.5 Å². The molecule has 206 valence electrons. The minimum Gasteiger partial charge on any atom is -0.507 e. The highest BCUT2D eigenvalue weighted by molar-refractivity contribution is 6.46. The number of likely N-dealkylation sites (tertiary alicyclic amines) is 1. The first-order chi connectivity index (χ1) is 18.3. The third kappa shape index (κ3) is 5.88. The number of carbonyl (C=O) groups is 2. The molecule has 38 heavy (non-hydrogen) atoms. The van der Waals surface area contributed by atoms with E-state index >= 15 is 0 Å². The maximum Gasteiger partial charge on any atom is 0.295 e. The maximum atomic E-state index is 13.4. The molecule has 0 aliphatic carbocycles. The van der Waals surface area contributed by atoms with Crippen LogP contribution in [0.4, 0.5) is 0 Å². The van der Waals surface area contributed by atoms with Crippen molar-refractivity contribution in [1.29, 1.82) is 0 Å². The average molecular weight is 528 g/mol. The predicted octanol–water partition coefficient (Wildman–Crippen LogP) is 4.66. The van der Waals surface area contributed by atoms with Crippen molar-refractivity contribution in [3.05, 3.63) is 52.6 Å². The van der Waals surface area contributed by atoms with Gasteiger partial charge >= 0.3 is 0 Å². The van der Waals surface area contributed by atoms with Gasteiger partial charge in [-0.3, -0.25) is 9.59 Å². The number of carbonyl (C=O) groups excluding carboxylic acids is 2. The van der Waals surface area contributed by atoms with Crippen LogP contribution < -0.4 is 18.9 Å². The zero-order chi connectivity index (χ0) is 27.8. The Kier molecular flexibility index (Phi) is 10.0. The molecule has 0 bridgehead atoms. The summed E-state index contributed by atoms with van der Waals surface area (Å²) in [6, 6.07) is 7.70. The lowest BCUT2D eigenvalue weighted by Gasteiger charge is -2.26. The van der Waals surface area contributed by atoms with Crippen molar-refractivity contribution >= 4 is 17.4 Å². The molecule has 1 atom stereocenters. The second kappa shape index (κ2) is 13.2. The Morgan fingerprint density at radius 3 is 2.16 bits per heavy atom. The minimum atomic E-state index is -0.874. The number of aliphatic hydroxyl groups excluding tert-OH is 1. The zero-order valence-electron chi connectivity index (χ0n) is 23.0. The zero-order valence-corrected chi connectivity index (χ0v) is 23.0. The van der Waals surface area contributed by atoms with E-state index < -0.39 is 17.7 Å². The van der Waals surface area contributed by atoms with E-state index in [1.54, 1.807) is 37.4 Å². The Morgan fingerprint density at radius 1 is 0.921 bits per heavy atom. The van der Waals surface area contributed by atoms with Crippen LogP contribution in [-0.4, -0.2) is 69.9 Å². The van der Waals surface area contributed by atoms with E-state index in [9.17, 15) is 14.7 Å². The molecular formula is C29H37NO8. The highest BCUT2D eigenvalue weighted by atomic mass is 16.5. The van der Waals surface area contributed by atoms with E-state index in [2.05, 4.69) is 6.92 Å². The number of benzene rings is 2. The predicted molar refractivity (Wildman–Crippen MR) is 143 cm³/mol. The first kappa shape index (κ1) is 28.8. The van der Waals surface area contributed by atoms with E-state index in [4.69, 9.17) is 23.7 Å². The lowest BCUT2D eigenvalue weighted by molar-refractivity contribution is -0.140. The largest absolute Gasteiger partial charge is 0.507 e. The number of amides is 1. The molecule has 1 fully saturated rings. The first-order valence-corrected chi connectivity index (χ1v) is 12.6. The third-order valence-corrected chi connectivity index (χ3v) is 6.49. The Morgan fingerprint density at radius 2 is 1.61 bits per heavy atom. The Hall–Kier alpha value is -3.72. The van der Waals surface area contributed by atoms with Crippen molar-refractivity contribution < 1.29 is 38.4 Å². The number of methoxy groups -OCH3 is 4. The number of hydrogen-bond donors (Lipinski definition) is 1. The summed E-state index contributed by atoms with van der Waals surface area (Å²) in [7, 11) is 6.05. The van der Waals surface area contributed by atoms with Gasteiger partial charge in [0.15, 0.2) is 11.5 Å². The SMILES string of the molecule is CCCCOc1ccc(/C(O)=C2\C(=O)C(=O)N(CCCOC)[C@H]2c2cc(OC)c(OC)c(OC)c2)cc1C. The number of Topliss-reactive ketones (excluding diaryl/α,β-unsaturated/α-hetero) is 1. The highest BCUT2D eigenvalue weighted by Gasteiger charge is 2.46. The van der Waals surface area contributed by atoms with Crippen molar-refractivity contribution in [2.75, 3.05) is 48.2 Å². The summed E-state index contributed by atoms with van der Waals surface area (Å²) in [6.45, 7) is 5.21. The second-order valence-electron chi connectivity index (χ2n) is 8.98. The number of ketones is 1. The smallest absolute Gasteiger partial charge is 0.295 e. The summed E-state index contributed by atoms with van der Waals surface area (Å²) in [6.07, 6.45) is 2.46. The quantitative estimate of drug-likeness (QED) is 0.174. The molecule has 9 heteroatoms. The van der Waals surface area contributed by atoms with E-state index in [1.807, 2.05) is 6.92 Å². The van der Waals surface area contributed by atoms with Crippen molar-refractivity contribution in [2.45, 2.75) is 39.2 Å². The summed E-state index contributed by atoms with van der Waals surface area (Å²) in [5.74, 6) is 0.0971. The van der Waals surface area contributed by atoms with Crippen molar-refractivity contribution in [3.8, 4) is 23.0 Å². The molecule has 0 unspecified atom stereocenters. The number of nitrogens with zero attached hydrogens (tertiary/aromatic N) is 1. The molecule has 1 heterocycles. The van der Waals surface area contributed by atoms with E-state index in [-0.39, 0.29) is 17.9 Å². The van der Waals surface area contributed by atoms with Gasteiger partial charge < -0.3 is 33.7 Å². The standard InChI is InChI=1S/C29H37NO8/c1-7-8-14-38-21-11-10-19(15-18(21)2)26(31)24-25(30(12-9-13-34-3)29(33)27(24)32)20-16-22(35-4)28(37-6)23(17-20)36-5/h10-11,15-17,25,31H,7-9,12-14H2,1-6H3/b26-24+/t25-/m0/s1. The molecule has 1 aliphatic heterocycles. The van der Waals surface area contributed by atoms with Crippen LogP contribution >= 0.6 is 0 Å². The molecular weight excluding hydrogens is 490 g/mol. The summed E-state index contributed by atoms with van der Waals surface area (Å²) in [5.41, 5.74) is 1.75. The van der Waals surface area contributed by atoms with Gasteiger partial charge in [0.05, 0.1) is 39.6 Å². The van der Waals surface area contributed by atoms with Crippen molar-refractivity contribution in [2.24, 2.45) is 0 Å². The molecule has 2 aromatic rings. The number of aliphatic hydroxyl groups is 1. The van der Waals surface area contributed by atoms with Crippen LogP contribution in [0.3, 0.4) is 0 Å². The fourth-order valence-corrected chi connectivity index (χ4v) is 4.54. The van der Waals surface area contributed by atoms with Gasteiger partial charge in [0.2, 0.25) is 5.75 Å². The molecule has 0 saturated carbocycles. The summed E-state index contributed by atoms with van der Waals surface area (Å²) in [4.78, 5) is 28.0. The molecule has 0 radical (unpaired) electrons. The van der Waals surface area contributed by atoms with Crippen LogP contribution in [0.15, 0.2) is 35.9 Å². The van der Waals surface area contributed by atoms with Gasteiger partial charge in [-0.25, -0.2) is 0 Å². The van der Waals surface area contributed by atoms with Crippen LogP contribution in [0.5, 0.6) is 23.0 Å². The summed E-state index contributed by atoms with van der Waals surface area (Å²) < 4.78 is 27.5. The fourth-order valence-electron chi connectivity index (χ4n) is 4.54. The molecule has 1 aliphatic rings. The van der Waals surface area contributed by atoms with Gasteiger partial charge in [-0.2, -0.15) is 0 Å². The van der Waals surface area contributed by atoms with Gasteiger partial charge in [-0.05, 0) is 61.2 Å². The lowest BCUT2D eigenvalue weighted by atomic mass is 9.94. The molecule has 0 aromatic heterocycles. The molecule has 1 N–H and O–H groups in total. The Balaban J connectivity index is 2.16. The van der Waals surface area contributed by atoms with Gasteiger partial charge in [-0.15, -0.1) is 0 Å². The molecule has 2 aromatic carbocycles. The normalized spacial score (nSPS) is 16.6. The van der Waals surface area contributed by atoms with Crippen LogP contribution in [0, 0.1) is 6.92 Å². The van der Waals surface area contributed by atoms with Crippen LogP contribution in [0.1, 0.15) is 48.9 Å². The Bertz CT molecular complexity index is 1160. The average Bonchev–Trinajstić information content (AvgIpc) is 3.17. The molecule has 1 saturated heterocycles. The molecule has 0 spiro atoms. The van der Waals surface area contributed by atoms with E-state index in [0.717, 1.165) is 18.4 Å². The fraction of sp³-hybridized carbons (Fsp3) is 0.448. The lowest BCUT2D eigenvalue weighted by Crippen LogP contribution is -2.31. The van der Waals surface area contributed by atoms with Crippen molar-refractivity contribution in [3.63, 3.8) is 0 Å². The van der Waals surface area contributed by atoms with Gasteiger partial charge in [0.25, 0.3) is 11.7 Å². The topological polar surface area (TPSA) is 104 Å². The number of ether oxygens (including phenoxy) is 5. The molecule has 1 amide bonds. The monoisotopic (exact) mass is 527 g/mol. The molecule has 9 nitrogen and oxygen atoms in total. The van der Waals surface area contributed by atoms with E-state index in [0.29, 0.717) is 53.8 Å². The van der Waals surface area contributed by atoms with Crippen molar-refractivity contribution in [1.82, 2.24) is 4.90 Å². The molecule has 3 rings (SSSR count). The minimum absolute atomic E-state index is 0.0132. The number of aryl methyl sites for hydroxylation is 1. The maximum absolute atomic E-state index is 13.4. The van der Waals surface area contributed by atoms with Gasteiger partial charge in [-0.1, -0.05) is 13.3 Å². The number of hydrogen-bond acceptors (Lipinski definition) is 8. The highest BCUT2D eigenvalue weighted by Crippen LogP contribution is 2.45. The number of rotatable bonds is 13. The van der Waals surface area contributed by atoms with Crippen LogP contribution in [0.2, 0.25) is 0 Å². The van der Waals surface area contributed by atoms with E-state index in [1.165, 1.54) is 26.2 Å². The van der Waals surface area contributed by atoms with Crippen LogP contribution in [0.25, 0.3) is 5.76 Å². The van der Waals surface area contributed by atoms with Gasteiger partial charge in [0, 0.05) is 25.8 Å². The van der Waals surface area contributed by atoms with Crippen LogP contribution in [-0.2, 0) is 14.3 Å². The second-order valence-corrected chi connectivity index (χ2v) is 8.98. The summed E-state index contributed by atoms with van der Waals surface area (Å²) >= 11 is 0. The number of unbranched alkanes of at least 4 members (excludes halogenated alkanes) is 1. The first-order valence-electron chi connectivity index (χ1n) is 12.6. The third-order valence-electron chi connectivity index (χ3n) is 6.49.